The molecule has 0 spiro atoms. The molecule has 1 aromatic rings. The molecular weight excluding hydrogens is 194 g/mol. The van der Waals surface area contributed by atoms with Crippen LogP contribution in [0.5, 0.6) is 0 Å². The smallest absolute Gasteiger partial charge is 0.217 e. The van der Waals surface area contributed by atoms with Gasteiger partial charge in [-0.1, -0.05) is 6.58 Å². The molecule has 0 saturated heterocycles. The summed E-state index contributed by atoms with van der Waals surface area (Å²) in [5.74, 6) is 0.923. The third-order valence-corrected chi connectivity index (χ3v) is 1.92. The van der Waals surface area contributed by atoms with Gasteiger partial charge in [0.2, 0.25) is 4.73 Å². The first-order valence-corrected chi connectivity index (χ1v) is 3.85. The van der Waals surface area contributed by atoms with Crippen LogP contribution in [0, 0.1) is 0 Å². The summed E-state index contributed by atoms with van der Waals surface area (Å²) in [7, 11) is 0. The zero-order valence-electron chi connectivity index (χ0n) is 5.34. The maximum atomic E-state index is 4.14. The molecule has 0 bridgehead atoms. The molecule has 0 aliphatic carbocycles. The third-order valence-electron chi connectivity index (χ3n) is 1.59. The number of aromatic nitrogens is 3. The quantitative estimate of drug-likeness (QED) is 0.634. The molecule has 10 heavy (non-hydrogen) atoms. The van der Waals surface area contributed by atoms with E-state index in [0.717, 1.165) is 24.4 Å². The Morgan fingerprint density at radius 1 is 1.60 bits per heavy atom. The molecule has 0 unspecified atom stereocenters. The number of fused-ring (bicyclic) bond motifs is 1. The van der Waals surface area contributed by atoms with Gasteiger partial charge in [0.15, 0.2) is 5.82 Å². The fraction of sp³-hybridized carbons (Fsp3) is 0.333. The summed E-state index contributed by atoms with van der Waals surface area (Å²) in [5, 5.41) is 4.10. The highest BCUT2D eigenvalue weighted by molar-refractivity contribution is 9.10. The maximum Gasteiger partial charge on any atom is 0.217 e. The van der Waals surface area contributed by atoms with Crippen molar-refractivity contribution in [1.29, 1.82) is 0 Å². The van der Waals surface area contributed by atoms with Gasteiger partial charge in [0.1, 0.15) is 0 Å². The Morgan fingerprint density at radius 3 is 3.10 bits per heavy atom. The molecule has 1 aliphatic heterocycles. The van der Waals surface area contributed by atoms with Gasteiger partial charge in [-0.3, -0.25) is 0 Å². The summed E-state index contributed by atoms with van der Waals surface area (Å²) in [6.07, 6.45) is 0.989. The Bertz CT molecular complexity index is 289. The van der Waals surface area contributed by atoms with E-state index in [0.29, 0.717) is 4.73 Å². The first-order chi connectivity index (χ1) is 4.77. The lowest BCUT2D eigenvalue weighted by molar-refractivity contribution is 0.658. The van der Waals surface area contributed by atoms with E-state index in [-0.39, 0.29) is 0 Å². The highest BCUT2D eigenvalue weighted by Gasteiger charge is 2.17. The van der Waals surface area contributed by atoms with Gasteiger partial charge in [0.05, 0.1) is 0 Å². The number of allylic oxidation sites excluding steroid dienone is 1. The number of aryl methyl sites for hydroxylation is 1. The molecule has 0 atom stereocenters. The van der Waals surface area contributed by atoms with Gasteiger partial charge in [-0.2, -0.15) is 0 Å². The normalized spacial score (nSPS) is 15.9. The van der Waals surface area contributed by atoms with Gasteiger partial charge in [-0.25, -0.2) is 9.67 Å². The van der Waals surface area contributed by atoms with Crippen molar-refractivity contribution in [2.24, 2.45) is 0 Å². The SMILES string of the molecule is C=C1CCn2nc(Br)nc21. The van der Waals surface area contributed by atoms with Gasteiger partial charge in [-0.05, 0) is 27.9 Å². The van der Waals surface area contributed by atoms with Gasteiger partial charge >= 0.3 is 0 Å². The lowest BCUT2D eigenvalue weighted by atomic mass is 10.3. The summed E-state index contributed by atoms with van der Waals surface area (Å²) in [5.41, 5.74) is 1.08. The molecule has 0 radical (unpaired) electrons. The van der Waals surface area contributed by atoms with E-state index < -0.39 is 0 Å². The molecule has 0 aromatic carbocycles. The Balaban J connectivity index is 2.59. The Labute approximate surface area is 66.9 Å². The Morgan fingerprint density at radius 2 is 2.40 bits per heavy atom. The standard InChI is InChI=1S/C6H6BrN3/c1-4-2-3-10-5(4)8-6(7)9-10/h1-3H2. The third kappa shape index (κ3) is 0.718. The fourth-order valence-electron chi connectivity index (χ4n) is 1.08. The van der Waals surface area contributed by atoms with Crippen molar-refractivity contribution in [1.82, 2.24) is 14.8 Å². The van der Waals surface area contributed by atoms with Crippen LogP contribution in [0.15, 0.2) is 11.3 Å². The molecule has 1 aliphatic rings. The van der Waals surface area contributed by atoms with Crippen molar-refractivity contribution in [3.63, 3.8) is 0 Å². The van der Waals surface area contributed by atoms with E-state index in [9.17, 15) is 0 Å². The van der Waals surface area contributed by atoms with E-state index in [1.165, 1.54) is 0 Å². The molecule has 0 amide bonds. The van der Waals surface area contributed by atoms with Crippen molar-refractivity contribution in [3.8, 4) is 0 Å². The summed E-state index contributed by atoms with van der Waals surface area (Å²) in [6, 6.07) is 0. The van der Waals surface area contributed by atoms with Crippen molar-refractivity contribution < 1.29 is 0 Å². The predicted octanol–water partition coefficient (Wildman–Crippen LogP) is 1.46. The van der Waals surface area contributed by atoms with Crippen LogP contribution in [-0.4, -0.2) is 14.8 Å². The second-order valence-corrected chi connectivity index (χ2v) is 2.99. The molecule has 4 heteroatoms. The lowest BCUT2D eigenvalue weighted by Gasteiger charge is -1.85. The van der Waals surface area contributed by atoms with Crippen molar-refractivity contribution in [3.05, 3.63) is 17.1 Å². The van der Waals surface area contributed by atoms with Crippen molar-refractivity contribution >= 4 is 21.5 Å². The molecule has 0 fully saturated rings. The first kappa shape index (κ1) is 6.09. The van der Waals surface area contributed by atoms with E-state index in [4.69, 9.17) is 0 Å². The highest BCUT2D eigenvalue weighted by Crippen LogP contribution is 2.23. The second-order valence-electron chi connectivity index (χ2n) is 2.28. The van der Waals surface area contributed by atoms with Crippen LogP contribution in [-0.2, 0) is 6.54 Å². The van der Waals surface area contributed by atoms with Crippen molar-refractivity contribution in [2.75, 3.05) is 0 Å². The molecular formula is C6H6BrN3. The van der Waals surface area contributed by atoms with Crippen LogP contribution in [0.1, 0.15) is 12.2 Å². The summed E-state index contributed by atoms with van der Waals surface area (Å²) < 4.78 is 2.52. The van der Waals surface area contributed by atoms with Crippen LogP contribution in [0.3, 0.4) is 0 Å². The maximum absolute atomic E-state index is 4.14. The van der Waals surface area contributed by atoms with Crippen molar-refractivity contribution in [2.45, 2.75) is 13.0 Å². The summed E-state index contributed by atoms with van der Waals surface area (Å²) >= 11 is 3.20. The first-order valence-electron chi connectivity index (χ1n) is 3.06. The zero-order valence-corrected chi connectivity index (χ0v) is 6.93. The van der Waals surface area contributed by atoms with Crippen LogP contribution < -0.4 is 0 Å². The van der Waals surface area contributed by atoms with E-state index >= 15 is 0 Å². The Hall–Kier alpha value is -0.640. The van der Waals surface area contributed by atoms with Gasteiger partial charge in [-0.15, -0.1) is 5.10 Å². The van der Waals surface area contributed by atoms with E-state index in [2.05, 4.69) is 32.6 Å². The average Bonchev–Trinajstić information content (AvgIpc) is 2.35. The predicted molar refractivity (Wildman–Crippen MR) is 41.4 cm³/mol. The number of nitrogens with zero attached hydrogens (tertiary/aromatic N) is 3. The number of rotatable bonds is 0. The van der Waals surface area contributed by atoms with E-state index in [1.807, 2.05) is 4.68 Å². The molecule has 0 N–H and O–H groups in total. The molecule has 1 aromatic heterocycles. The molecule has 0 saturated carbocycles. The number of hydrogen-bond donors (Lipinski definition) is 0. The average molecular weight is 200 g/mol. The second kappa shape index (κ2) is 1.92. The van der Waals surface area contributed by atoms with Crippen LogP contribution in [0.25, 0.3) is 5.57 Å². The summed E-state index contributed by atoms with van der Waals surface area (Å²) in [4.78, 5) is 4.14. The zero-order chi connectivity index (χ0) is 7.14. The minimum absolute atomic E-state index is 0.656. The molecule has 2 heterocycles. The highest BCUT2D eigenvalue weighted by atomic mass is 79.9. The van der Waals surface area contributed by atoms with Crippen LogP contribution in [0.2, 0.25) is 0 Å². The number of halogens is 1. The van der Waals surface area contributed by atoms with Gasteiger partial charge in [0, 0.05) is 6.54 Å². The van der Waals surface area contributed by atoms with Crippen LogP contribution >= 0.6 is 15.9 Å². The fourth-order valence-corrected chi connectivity index (χ4v) is 1.44. The summed E-state index contributed by atoms with van der Waals surface area (Å²) in [6.45, 7) is 4.79. The van der Waals surface area contributed by atoms with E-state index in [1.54, 1.807) is 0 Å². The monoisotopic (exact) mass is 199 g/mol. The number of hydrogen-bond acceptors (Lipinski definition) is 2. The molecule has 3 nitrogen and oxygen atoms in total. The minimum atomic E-state index is 0.656. The van der Waals surface area contributed by atoms with Gasteiger partial charge in [0.25, 0.3) is 0 Å². The molecule has 52 valence electrons. The Kier molecular flexibility index (Phi) is 1.17. The van der Waals surface area contributed by atoms with Gasteiger partial charge < -0.3 is 0 Å². The minimum Gasteiger partial charge on any atom is -0.245 e. The van der Waals surface area contributed by atoms with Crippen LogP contribution in [0.4, 0.5) is 0 Å². The lowest BCUT2D eigenvalue weighted by Crippen LogP contribution is -1.93. The largest absolute Gasteiger partial charge is 0.245 e. The molecule has 2 rings (SSSR count). The topological polar surface area (TPSA) is 30.7 Å².